The van der Waals surface area contributed by atoms with E-state index >= 15 is 0 Å². The number of anilines is 2. The molecule has 2 heterocycles. The Labute approximate surface area is 203 Å². The average Bonchev–Trinajstić information content (AvgIpc) is 3.13. The zero-order valence-electron chi connectivity index (χ0n) is 18.5. The molecule has 13 heteroatoms. The summed E-state index contributed by atoms with van der Waals surface area (Å²) in [6.45, 7) is 3.40. The lowest BCUT2D eigenvalue weighted by atomic mass is 10.0. The summed E-state index contributed by atoms with van der Waals surface area (Å²) in [5, 5.41) is 24.4. The Morgan fingerprint density at radius 1 is 1.38 bits per heavy atom. The molecule has 0 aliphatic heterocycles. The number of ether oxygens (including phenoxy) is 1. The largest absolute Gasteiger partial charge is 0.495 e. The number of aromatic nitrogens is 3. The highest BCUT2D eigenvalue weighted by molar-refractivity contribution is 8.00. The van der Waals surface area contributed by atoms with Gasteiger partial charge in [-0.25, -0.2) is 9.78 Å². The van der Waals surface area contributed by atoms with Crippen molar-refractivity contribution in [2.24, 2.45) is 7.05 Å². The van der Waals surface area contributed by atoms with Crippen molar-refractivity contribution >= 4 is 40.8 Å². The fourth-order valence-electron chi connectivity index (χ4n) is 3.12. The highest BCUT2D eigenvalue weighted by Gasteiger charge is 2.32. The number of aryl methyl sites for hydroxylation is 2. The molecular formula is C21H19ClN7O4S+. The summed E-state index contributed by atoms with van der Waals surface area (Å²) < 4.78 is 11.3. The summed E-state index contributed by atoms with van der Waals surface area (Å²) in [5.41, 5.74) is 5.99. The van der Waals surface area contributed by atoms with E-state index < -0.39 is 16.8 Å². The Bertz CT molecular complexity index is 1430. The number of benzene rings is 1. The molecule has 1 aromatic carbocycles. The number of aromatic amines is 1. The third-order valence-electron chi connectivity index (χ3n) is 4.85. The molecule has 34 heavy (non-hydrogen) atoms. The number of nitrogens with zero attached hydrogens (tertiary/aromatic N) is 4. The Hall–Kier alpha value is -4.00. The zero-order valence-corrected chi connectivity index (χ0v) is 20.1. The number of H-pyrrole nitrogens is 1. The number of pyridine rings is 1. The van der Waals surface area contributed by atoms with Crippen LogP contribution in [0.15, 0.2) is 26.5 Å². The van der Waals surface area contributed by atoms with Crippen molar-refractivity contribution in [3.63, 3.8) is 0 Å². The van der Waals surface area contributed by atoms with Crippen molar-refractivity contribution in [2.45, 2.75) is 24.1 Å². The highest BCUT2D eigenvalue weighted by atomic mass is 35.5. The smallest absolute Gasteiger partial charge is 0.435 e. The number of nitrogens with one attached hydrogen (secondary N) is 2. The number of carbonyl (C=O) groups is 1. The normalized spacial score (nSPS) is 11.4. The molecular weight excluding hydrogens is 482 g/mol. The molecule has 11 nitrogen and oxygen atoms in total. The van der Waals surface area contributed by atoms with E-state index in [9.17, 15) is 20.1 Å². The van der Waals surface area contributed by atoms with Crippen LogP contribution in [0, 0.1) is 29.6 Å². The Morgan fingerprint density at radius 2 is 2.06 bits per heavy atom. The van der Waals surface area contributed by atoms with E-state index in [4.69, 9.17) is 26.6 Å². The number of rotatable bonds is 6. The molecule has 174 valence electrons. The molecule has 0 fully saturated rings. The van der Waals surface area contributed by atoms with Gasteiger partial charge in [0.1, 0.15) is 39.9 Å². The van der Waals surface area contributed by atoms with Crippen LogP contribution < -0.4 is 26.1 Å². The van der Waals surface area contributed by atoms with Crippen LogP contribution in [-0.2, 0) is 11.8 Å². The first-order chi connectivity index (χ1) is 16.1. The summed E-state index contributed by atoms with van der Waals surface area (Å²) in [7, 11) is 2.93. The Kier molecular flexibility index (Phi) is 7.15. The monoisotopic (exact) mass is 500 g/mol. The second-order valence-electron chi connectivity index (χ2n) is 7.09. The molecule has 0 aliphatic carbocycles. The number of amides is 1. The van der Waals surface area contributed by atoms with Crippen LogP contribution in [0.2, 0.25) is 5.02 Å². The van der Waals surface area contributed by atoms with Gasteiger partial charge in [0.25, 0.3) is 0 Å². The van der Waals surface area contributed by atoms with Crippen LogP contribution in [0.1, 0.15) is 23.6 Å². The number of halogens is 1. The summed E-state index contributed by atoms with van der Waals surface area (Å²) in [6, 6.07) is 7.12. The van der Waals surface area contributed by atoms with E-state index in [0.29, 0.717) is 16.5 Å². The number of methoxy groups -OCH3 is 1. The Balaban J connectivity index is 2.01. The van der Waals surface area contributed by atoms with Crippen LogP contribution in [0.4, 0.5) is 11.5 Å². The molecule has 0 radical (unpaired) electrons. The third-order valence-corrected chi connectivity index (χ3v) is 6.35. The lowest BCUT2D eigenvalue weighted by Crippen LogP contribution is -2.34. The van der Waals surface area contributed by atoms with Gasteiger partial charge in [0.2, 0.25) is 5.91 Å². The summed E-state index contributed by atoms with van der Waals surface area (Å²) in [4.78, 5) is 29.3. The minimum Gasteiger partial charge on any atom is -0.495 e. The molecule has 0 saturated heterocycles. The molecule has 1 unspecified atom stereocenters. The lowest BCUT2D eigenvalue weighted by molar-refractivity contribution is -0.730. The minimum atomic E-state index is -0.798. The molecule has 0 saturated carbocycles. The van der Waals surface area contributed by atoms with Crippen LogP contribution >= 0.6 is 23.4 Å². The number of thioether (sulfide) groups is 1. The average molecular weight is 501 g/mol. The summed E-state index contributed by atoms with van der Waals surface area (Å²) in [5.74, 6) is -0.220. The summed E-state index contributed by atoms with van der Waals surface area (Å²) >= 11 is 7.07. The first-order valence-electron chi connectivity index (χ1n) is 9.66. The maximum atomic E-state index is 12.9. The van der Waals surface area contributed by atoms with Crippen LogP contribution in [0.25, 0.3) is 11.3 Å². The molecule has 1 atom stereocenters. The van der Waals surface area contributed by atoms with Crippen molar-refractivity contribution in [2.75, 3.05) is 18.2 Å². The van der Waals surface area contributed by atoms with Gasteiger partial charge in [-0.1, -0.05) is 28.0 Å². The third kappa shape index (κ3) is 4.55. The lowest BCUT2D eigenvalue weighted by Gasteiger charge is -2.16. The fourth-order valence-corrected chi connectivity index (χ4v) is 4.19. The summed E-state index contributed by atoms with van der Waals surface area (Å²) in [6.07, 6.45) is 0. The van der Waals surface area contributed by atoms with E-state index in [1.807, 2.05) is 12.1 Å². The van der Waals surface area contributed by atoms with Gasteiger partial charge in [0.15, 0.2) is 7.05 Å². The molecule has 1 amide bonds. The second kappa shape index (κ2) is 9.87. The number of nitriles is 2. The number of carbonyl (C=O) groups excluding carboxylic acids is 1. The van der Waals surface area contributed by atoms with Crippen molar-refractivity contribution in [1.82, 2.24) is 10.3 Å². The van der Waals surface area contributed by atoms with Gasteiger partial charge in [-0.05, 0) is 30.7 Å². The maximum Gasteiger partial charge on any atom is 0.435 e. The quantitative estimate of drug-likeness (QED) is 0.338. The van der Waals surface area contributed by atoms with Gasteiger partial charge in [-0.15, -0.1) is 0 Å². The maximum absolute atomic E-state index is 12.9. The van der Waals surface area contributed by atoms with Crippen molar-refractivity contribution in [3.05, 3.63) is 44.3 Å². The van der Waals surface area contributed by atoms with Crippen molar-refractivity contribution in [1.29, 1.82) is 10.5 Å². The molecule has 4 N–H and O–H groups in total. The predicted molar refractivity (Wildman–Crippen MR) is 124 cm³/mol. The van der Waals surface area contributed by atoms with E-state index in [1.165, 1.54) is 18.8 Å². The number of hydrogen-bond donors (Lipinski definition) is 3. The second-order valence-corrected chi connectivity index (χ2v) is 8.83. The van der Waals surface area contributed by atoms with E-state index in [-0.39, 0.29) is 33.2 Å². The standard InChI is InChI=1S/C21H18ClN7O4S/c1-9-5-14(15(32-4)6-13(9)22)26-19(30)10(2)34-20-12(8-24)16(11(7-23)18(25)27-20)17-21(31)33-28-29(17)3/h5-6,10H,1-4H3,(H3-,25,26,27,28,30,31)/p+1. The molecule has 3 rings (SSSR count). The first-order valence-corrected chi connectivity index (χ1v) is 10.9. The molecule has 0 aliphatic rings. The van der Waals surface area contributed by atoms with Gasteiger partial charge in [0.05, 0.1) is 23.6 Å². The van der Waals surface area contributed by atoms with Gasteiger partial charge in [-0.3, -0.25) is 9.32 Å². The van der Waals surface area contributed by atoms with E-state index in [0.717, 1.165) is 17.3 Å². The molecule has 0 bridgehead atoms. The first kappa shape index (κ1) is 24.6. The topological polar surface area (TPSA) is 175 Å². The number of nitrogen functional groups attached to an aromatic ring is 1. The van der Waals surface area contributed by atoms with E-state index in [2.05, 4.69) is 15.6 Å². The van der Waals surface area contributed by atoms with Crippen molar-refractivity contribution < 1.29 is 18.7 Å². The van der Waals surface area contributed by atoms with Crippen molar-refractivity contribution in [3.8, 4) is 29.1 Å². The highest BCUT2D eigenvalue weighted by Crippen LogP contribution is 2.36. The number of nitrogens with two attached hydrogens (primary N) is 1. The minimum absolute atomic E-state index is 0.0277. The van der Waals surface area contributed by atoms with Gasteiger partial charge >= 0.3 is 11.3 Å². The predicted octanol–water partition coefficient (Wildman–Crippen LogP) is 2.27. The molecule has 0 spiro atoms. The fraction of sp³-hybridized carbons (Fsp3) is 0.238. The van der Waals surface area contributed by atoms with Crippen LogP contribution in [0.5, 0.6) is 5.75 Å². The van der Waals surface area contributed by atoms with Gasteiger partial charge in [-0.2, -0.15) is 10.5 Å². The molecule has 2 aromatic heterocycles. The van der Waals surface area contributed by atoms with Crippen LogP contribution in [0.3, 0.4) is 0 Å². The zero-order chi connectivity index (χ0) is 25.2. The number of hydrogen-bond acceptors (Lipinski definition) is 9. The van der Waals surface area contributed by atoms with Gasteiger partial charge in [0, 0.05) is 11.1 Å². The molecule has 3 aromatic rings. The van der Waals surface area contributed by atoms with Gasteiger partial charge < -0.3 is 15.8 Å². The van der Waals surface area contributed by atoms with E-state index in [1.54, 1.807) is 26.0 Å². The van der Waals surface area contributed by atoms with Crippen LogP contribution in [-0.4, -0.2) is 28.5 Å². The Morgan fingerprint density at radius 3 is 2.62 bits per heavy atom. The SMILES string of the molecule is COc1cc(Cl)c(C)cc1NC(=O)C(C)Sc1nc(N)c(C#N)c(-c2c(=O)o[nH][n+]2C)c1C#N.